The fourth-order valence-corrected chi connectivity index (χ4v) is 2.36. The first-order valence-corrected chi connectivity index (χ1v) is 5.94. The molecule has 2 nitrogen and oxygen atoms in total. The number of nitrogens with one attached hydrogen (secondary N) is 1. The summed E-state index contributed by atoms with van der Waals surface area (Å²) in [5.41, 5.74) is 0. The average molecular weight is 199 g/mol. The van der Waals surface area contributed by atoms with Gasteiger partial charge in [-0.3, -0.25) is 0 Å². The van der Waals surface area contributed by atoms with Crippen LogP contribution in [0.3, 0.4) is 0 Å². The third-order valence-electron chi connectivity index (χ3n) is 3.38. The molecule has 1 aliphatic rings. The molecule has 3 atom stereocenters. The lowest BCUT2D eigenvalue weighted by molar-refractivity contribution is 0.0945. The van der Waals surface area contributed by atoms with Crippen LogP contribution in [-0.2, 0) is 4.74 Å². The molecule has 0 radical (unpaired) electrons. The molecule has 0 aromatic heterocycles. The van der Waals surface area contributed by atoms with Crippen LogP contribution in [0.2, 0.25) is 0 Å². The van der Waals surface area contributed by atoms with Crippen LogP contribution in [0.4, 0.5) is 0 Å². The minimum absolute atomic E-state index is 0.444. The maximum atomic E-state index is 5.62. The fraction of sp³-hybridized carbons (Fsp3) is 1.00. The average Bonchev–Trinajstić information content (AvgIpc) is 2.53. The van der Waals surface area contributed by atoms with Gasteiger partial charge in [-0.1, -0.05) is 13.8 Å². The van der Waals surface area contributed by atoms with Crippen LogP contribution in [0.15, 0.2) is 0 Å². The molecule has 1 rings (SSSR count). The van der Waals surface area contributed by atoms with Crippen molar-refractivity contribution in [2.24, 2.45) is 11.8 Å². The summed E-state index contributed by atoms with van der Waals surface area (Å²) in [6.45, 7) is 7.74. The van der Waals surface area contributed by atoms with Crippen molar-refractivity contribution in [1.82, 2.24) is 5.32 Å². The highest BCUT2D eigenvalue weighted by Crippen LogP contribution is 2.26. The Balaban J connectivity index is 2.36. The zero-order valence-electron chi connectivity index (χ0n) is 10.0. The molecule has 1 heterocycles. The molecule has 1 fully saturated rings. The summed E-state index contributed by atoms with van der Waals surface area (Å²) < 4.78 is 5.62. The molecule has 14 heavy (non-hydrogen) atoms. The second-order valence-corrected chi connectivity index (χ2v) is 4.89. The molecule has 2 heteroatoms. The zero-order chi connectivity index (χ0) is 10.6. The minimum atomic E-state index is 0.444. The van der Waals surface area contributed by atoms with Crippen molar-refractivity contribution in [3.8, 4) is 0 Å². The third kappa shape index (κ3) is 3.25. The highest BCUT2D eigenvalue weighted by molar-refractivity contribution is 4.83. The molecular weight excluding hydrogens is 174 g/mol. The van der Waals surface area contributed by atoms with E-state index in [9.17, 15) is 0 Å². The number of hydrogen-bond acceptors (Lipinski definition) is 2. The molecule has 3 unspecified atom stereocenters. The van der Waals surface area contributed by atoms with E-state index >= 15 is 0 Å². The summed E-state index contributed by atoms with van der Waals surface area (Å²) in [6.07, 6.45) is 4.27. The topological polar surface area (TPSA) is 21.3 Å². The molecule has 0 saturated carbocycles. The van der Waals surface area contributed by atoms with Crippen molar-refractivity contribution >= 4 is 0 Å². The lowest BCUT2D eigenvalue weighted by Crippen LogP contribution is -2.37. The number of ether oxygens (including phenoxy) is 1. The molecule has 1 N–H and O–H groups in total. The summed E-state index contributed by atoms with van der Waals surface area (Å²) in [4.78, 5) is 0. The van der Waals surface area contributed by atoms with Crippen molar-refractivity contribution in [2.45, 2.75) is 52.2 Å². The van der Waals surface area contributed by atoms with Crippen LogP contribution >= 0.6 is 0 Å². The maximum Gasteiger partial charge on any atom is 0.0590 e. The van der Waals surface area contributed by atoms with Gasteiger partial charge < -0.3 is 10.1 Å². The second-order valence-electron chi connectivity index (χ2n) is 4.89. The fourth-order valence-electron chi connectivity index (χ4n) is 2.36. The van der Waals surface area contributed by atoms with Gasteiger partial charge in [0.25, 0.3) is 0 Å². The van der Waals surface area contributed by atoms with E-state index in [1.807, 2.05) is 0 Å². The molecule has 0 amide bonds. The van der Waals surface area contributed by atoms with Crippen LogP contribution in [0.5, 0.6) is 0 Å². The van der Waals surface area contributed by atoms with E-state index in [0.717, 1.165) is 18.4 Å². The van der Waals surface area contributed by atoms with Gasteiger partial charge >= 0.3 is 0 Å². The summed E-state index contributed by atoms with van der Waals surface area (Å²) in [5, 5.41) is 3.45. The van der Waals surface area contributed by atoms with Gasteiger partial charge in [-0.05, 0) is 39.2 Å². The summed E-state index contributed by atoms with van der Waals surface area (Å²) in [5.74, 6) is 1.53. The molecule has 1 aliphatic heterocycles. The third-order valence-corrected chi connectivity index (χ3v) is 3.38. The van der Waals surface area contributed by atoms with Crippen LogP contribution in [0.25, 0.3) is 0 Å². The standard InChI is InChI=1S/C12H25NO/c1-9(2)5-6-12(13-4)11-7-8-14-10(11)3/h9-13H,5-8H2,1-4H3. The quantitative estimate of drug-likeness (QED) is 0.734. The summed E-state index contributed by atoms with van der Waals surface area (Å²) in [7, 11) is 2.08. The van der Waals surface area contributed by atoms with Gasteiger partial charge in [0, 0.05) is 18.6 Å². The molecular formula is C12H25NO. The summed E-state index contributed by atoms with van der Waals surface area (Å²) >= 11 is 0. The second kappa shape index (κ2) is 5.72. The summed E-state index contributed by atoms with van der Waals surface area (Å²) in [6, 6.07) is 0.648. The highest BCUT2D eigenvalue weighted by atomic mass is 16.5. The maximum absolute atomic E-state index is 5.62. The zero-order valence-corrected chi connectivity index (χ0v) is 10.0. The Morgan fingerprint density at radius 3 is 2.50 bits per heavy atom. The SMILES string of the molecule is CNC(CCC(C)C)C1CCOC1C. The van der Waals surface area contributed by atoms with E-state index < -0.39 is 0 Å². The van der Waals surface area contributed by atoms with E-state index in [1.165, 1.54) is 19.3 Å². The Hall–Kier alpha value is -0.0800. The van der Waals surface area contributed by atoms with E-state index in [1.54, 1.807) is 0 Å². The number of hydrogen-bond donors (Lipinski definition) is 1. The molecule has 0 bridgehead atoms. The lowest BCUT2D eigenvalue weighted by Gasteiger charge is -2.26. The predicted molar refractivity (Wildman–Crippen MR) is 60.4 cm³/mol. The first-order valence-electron chi connectivity index (χ1n) is 5.94. The van der Waals surface area contributed by atoms with Gasteiger partial charge in [-0.15, -0.1) is 0 Å². The van der Waals surface area contributed by atoms with Gasteiger partial charge in [-0.2, -0.15) is 0 Å². The molecule has 0 aliphatic carbocycles. The van der Waals surface area contributed by atoms with Crippen LogP contribution < -0.4 is 5.32 Å². The van der Waals surface area contributed by atoms with E-state index in [0.29, 0.717) is 12.1 Å². The Morgan fingerprint density at radius 1 is 1.36 bits per heavy atom. The largest absolute Gasteiger partial charge is 0.378 e. The normalized spacial score (nSPS) is 29.8. The van der Waals surface area contributed by atoms with Crippen molar-refractivity contribution in [1.29, 1.82) is 0 Å². The Morgan fingerprint density at radius 2 is 2.07 bits per heavy atom. The van der Waals surface area contributed by atoms with Crippen molar-refractivity contribution in [3.63, 3.8) is 0 Å². The molecule has 1 saturated heterocycles. The van der Waals surface area contributed by atoms with Crippen molar-refractivity contribution in [2.75, 3.05) is 13.7 Å². The van der Waals surface area contributed by atoms with Crippen molar-refractivity contribution < 1.29 is 4.74 Å². The van der Waals surface area contributed by atoms with Gasteiger partial charge in [-0.25, -0.2) is 0 Å². The van der Waals surface area contributed by atoms with E-state index in [-0.39, 0.29) is 0 Å². The Labute approximate surface area is 88.4 Å². The first kappa shape index (κ1) is 12.0. The van der Waals surface area contributed by atoms with Gasteiger partial charge in [0.15, 0.2) is 0 Å². The lowest BCUT2D eigenvalue weighted by atomic mass is 9.89. The monoisotopic (exact) mass is 199 g/mol. The predicted octanol–water partition coefficient (Wildman–Crippen LogP) is 2.44. The highest BCUT2D eigenvalue weighted by Gasteiger charge is 2.30. The molecule has 0 spiro atoms. The smallest absolute Gasteiger partial charge is 0.0590 e. The Kier molecular flexibility index (Phi) is 4.90. The molecule has 84 valence electrons. The molecule has 0 aromatic rings. The van der Waals surface area contributed by atoms with E-state index in [2.05, 4.69) is 33.1 Å². The molecule has 0 aromatic carbocycles. The van der Waals surface area contributed by atoms with Crippen LogP contribution in [0.1, 0.15) is 40.0 Å². The van der Waals surface area contributed by atoms with Gasteiger partial charge in [0.05, 0.1) is 6.10 Å². The minimum Gasteiger partial charge on any atom is -0.378 e. The van der Waals surface area contributed by atoms with Crippen molar-refractivity contribution in [3.05, 3.63) is 0 Å². The Bertz CT molecular complexity index is 158. The first-order chi connectivity index (χ1) is 6.65. The van der Waals surface area contributed by atoms with Crippen LogP contribution in [0, 0.1) is 11.8 Å². The van der Waals surface area contributed by atoms with Gasteiger partial charge in [0.1, 0.15) is 0 Å². The van der Waals surface area contributed by atoms with E-state index in [4.69, 9.17) is 4.74 Å². The van der Waals surface area contributed by atoms with Crippen LogP contribution in [-0.4, -0.2) is 25.8 Å². The van der Waals surface area contributed by atoms with Gasteiger partial charge in [0.2, 0.25) is 0 Å². The number of rotatable bonds is 5.